The van der Waals surface area contributed by atoms with Crippen molar-refractivity contribution in [3.05, 3.63) is 84.8 Å². The van der Waals surface area contributed by atoms with Crippen LogP contribution in [0.2, 0.25) is 0 Å². The van der Waals surface area contributed by atoms with E-state index in [9.17, 15) is 24.1 Å². The molecule has 1 aromatic heterocycles. The lowest BCUT2D eigenvalue weighted by atomic mass is 10.1. The summed E-state index contributed by atoms with van der Waals surface area (Å²) in [5.41, 5.74) is 1.24. The van der Waals surface area contributed by atoms with Crippen molar-refractivity contribution in [3.8, 4) is 17.8 Å². The fourth-order valence-corrected chi connectivity index (χ4v) is 3.69. The Bertz CT molecular complexity index is 1290. The van der Waals surface area contributed by atoms with Crippen LogP contribution in [0.4, 0.5) is 8.78 Å². The van der Waals surface area contributed by atoms with Gasteiger partial charge in [-0.25, -0.2) is 8.78 Å². The van der Waals surface area contributed by atoms with Crippen molar-refractivity contribution in [2.24, 2.45) is 0 Å². The van der Waals surface area contributed by atoms with E-state index in [0.717, 1.165) is 35.5 Å². The minimum Gasteiger partial charge on any atom is -0.267 e. The lowest BCUT2D eigenvalue weighted by Crippen LogP contribution is -2.30. The molecule has 0 radical (unpaired) electrons. The van der Waals surface area contributed by atoms with Crippen molar-refractivity contribution >= 4 is 23.0 Å². The quantitative estimate of drug-likeness (QED) is 0.687. The lowest BCUT2D eigenvalue weighted by Gasteiger charge is -2.03. The van der Waals surface area contributed by atoms with Crippen molar-refractivity contribution in [1.82, 2.24) is 4.57 Å². The van der Waals surface area contributed by atoms with Crippen LogP contribution < -0.4 is 14.8 Å². The van der Waals surface area contributed by atoms with Crippen molar-refractivity contribution in [1.29, 1.82) is 10.5 Å². The first-order valence-electron chi connectivity index (χ1n) is 8.31. The SMILES string of the molecule is CCc1ccc(-n2c(=C(C#N)C#N)s/c(=C/c3ccc(F)c(F)c3)c2=O)cc1. The predicted molar refractivity (Wildman–Crippen MR) is 103 cm³/mol. The number of hydrogen-bond donors (Lipinski definition) is 0. The van der Waals surface area contributed by atoms with Crippen LogP contribution in [0.3, 0.4) is 0 Å². The van der Waals surface area contributed by atoms with E-state index in [2.05, 4.69) is 0 Å². The first-order chi connectivity index (χ1) is 13.5. The Morgan fingerprint density at radius 1 is 1.11 bits per heavy atom. The monoisotopic (exact) mass is 393 g/mol. The molecule has 0 amide bonds. The van der Waals surface area contributed by atoms with Crippen LogP contribution in [0, 0.1) is 34.3 Å². The van der Waals surface area contributed by atoms with Gasteiger partial charge in [0, 0.05) is 0 Å². The maximum atomic E-state index is 13.5. The Balaban J connectivity index is 2.33. The van der Waals surface area contributed by atoms with Crippen molar-refractivity contribution < 1.29 is 8.78 Å². The Morgan fingerprint density at radius 3 is 2.36 bits per heavy atom. The fourth-order valence-electron chi connectivity index (χ4n) is 2.64. The largest absolute Gasteiger partial charge is 0.273 e. The summed E-state index contributed by atoms with van der Waals surface area (Å²) in [7, 11) is 0. The van der Waals surface area contributed by atoms with Gasteiger partial charge in [0.1, 0.15) is 16.8 Å². The van der Waals surface area contributed by atoms with Crippen LogP contribution in [-0.4, -0.2) is 4.57 Å². The standard InChI is InChI=1S/C21H13F2N3OS/c1-2-13-3-6-16(7-4-13)26-20(27)19(28-21(26)15(11-24)12-25)10-14-5-8-17(22)18(23)9-14/h3-10H,2H2,1H3/b19-10+. The molecule has 138 valence electrons. The van der Waals surface area contributed by atoms with Gasteiger partial charge in [0.15, 0.2) is 17.2 Å². The summed E-state index contributed by atoms with van der Waals surface area (Å²) in [5.74, 6) is -2.01. The summed E-state index contributed by atoms with van der Waals surface area (Å²) in [6.45, 7) is 2.00. The summed E-state index contributed by atoms with van der Waals surface area (Å²) in [6, 6.07) is 14.1. The molecule has 3 rings (SSSR count). The van der Waals surface area contributed by atoms with Gasteiger partial charge in [-0.1, -0.05) is 25.1 Å². The zero-order chi connectivity index (χ0) is 20.3. The van der Waals surface area contributed by atoms with E-state index >= 15 is 0 Å². The first-order valence-corrected chi connectivity index (χ1v) is 9.12. The molecule has 2 aromatic carbocycles. The summed E-state index contributed by atoms with van der Waals surface area (Å²) in [6.07, 6.45) is 2.23. The molecule has 0 atom stereocenters. The maximum Gasteiger partial charge on any atom is 0.273 e. The highest BCUT2D eigenvalue weighted by molar-refractivity contribution is 7.07. The van der Waals surface area contributed by atoms with E-state index in [0.29, 0.717) is 11.3 Å². The average Bonchev–Trinajstić information content (AvgIpc) is 3.02. The molecule has 0 saturated carbocycles. The highest BCUT2D eigenvalue weighted by atomic mass is 32.1. The van der Waals surface area contributed by atoms with E-state index in [1.54, 1.807) is 24.3 Å². The maximum absolute atomic E-state index is 13.5. The van der Waals surface area contributed by atoms with Crippen molar-refractivity contribution in [3.63, 3.8) is 0 Å². The zero-order valence-electron chi connectivity index (χ0n) is 14.7. The smallest absolute Gasteiger partial charge is 0.267 e. The topological polar surface area (TPSA) is 69.6 Å². The molecular formula is C21H13F2N3OS. The molecule has 0 spiro atoms. The number of nitriles is 2. The molecule has 0 aliphatic carbocycles. The van der Waals surface area contributed by atoms with Crippen LogP contribution >= 0.6 is 11.3 Å². The van der Waals surface area contributed by atoms with E-state index < -0.39 is 17.2 Å². The summed E-state index contributed by atoms with van der Waals surface area (Å²) < 4.78 is 28.3. The molecule has 28 heavy (non-hydrogen) atoms. The molecular weight excluding hydrogens is 380 g/mol. The highest BCUT2D eigenvalue weighted by Crippen LogP contribution is 2.10. The second kappa shape index (κ2) is 7.99. The fraction of sp³-hybridized carbons (Fsp3) is 0.0952. The van der Waals surface area contributed by atoms with Crippen LogP contribution in [0.25, 0.3) is 17.3 Å². The van der Waals surface area contributed by atoms with Gasteiger partial charge in [-0.3, -0.25) is 9.36 Å². The van der Waals surface area contributed by atoms with Crippen LogP contribution in [0.1, 0.15) is 18.1 Å². The van der Waals surface area contributed by atoms with Crippen LogP contribution in [0.15, 0.2) is 47.3 Å². The molecule has 0 unspecified atom stereocenters. The second-order valence-corrected chi connectivity index (χ2v) is 6.88. The van der Waals surface area contributed by atoms with Crippen molar-refractivity contribution in [2.75, 3.05) is 0 Å². The molecule has 7 heteroatoms. The number of aryl methyl sites for hydroxylation is 1. The van der Waals surface area contributed by atoms with E-state index in [-0.39, 0.29) is 14.8 Å². The molecule has 0 aliphatic rings. The number of benzene rings is 2. The highest BCUT2D eigenvalue weighted by Gasteiger charge is 2.11. The molecule has 0 aliphatic heterocycles. The summed E-state index contributed by atoms with van der Waals surface area (Å²) in [5, 5.41) is 18.5. The minimum atomic E-state index is -1.03. The van der Waals surface area contributed by atoms with Crippen LogP contribution in [-0.2, 0) is 6.42 Å². The second-order valence-electron chi connectivity index (χ2n) is 5.85. The molecule has 4 nitrogen and oxygen atoms in total. The minimum absolute atomic E-state index is 0.188. The summed E-state index contributed by atoms with van der Waals surface area (Å²) >= 11 is 0.950. The normalized spacial score (nSPS) is 11.1. The van der Waals surface area contributed by atoms with Gasteiger partial charge >= 0.3 is 0 Å². The average molecular weight is 393 g/mol. The molecule has 0 fully saturated rings. The number of halogens is 2. The third kappa shape index (κ3) is 3.62. The number of hydrogen-bond acceptors (Lipinski definition) is 4. The van der Waals surface area contributed by atoms with Gasteiger partial charge in [0.05, 0.1) is 10.2 Å². The van der Waals surface area contributed by atoms with Gasteiger partial charge in [0.2, 0.25) is 0 Å². The number of rotatable bonds is 3. The molecule has 3 aromatic rings. The van der Waals surface area contributed by atoms with Gasteiger partial charge < -0.3 is 0 Å². The molecule has 1 heterocycles. The summed E-state index contributed by atoms with van der Waals surface area (Å²) in [4.78, 5) is 13.0. The Morgan fingerprint density at radius 2 is 1.79 bits per heavy atom. The van der Waals surface area contributed by atoms with E-state index in [4.69, 9.17) is 0 Å². The Hall–Kier alpha value is -3.55. The molecule has 0 N–H and O–H groups in total. The predicted octanol–water partition coefficient (Wildman–Crippen LogP) is 2.77. The van der Waals surface area contributed by atoms with Gasteiger partial charge in [0.25, 0.3) is 5.56 Å². The van der Waals surface area contributed by atoms with Crippen molar-refractivity contribution in [2.45, 2.75) is 13.3 Å². The third-order valence-electron chi connectivity index (χ3n) is 4.11. The Kier molecular flexibility index (Phi) is 5.49. The number of aromatic nitrogens is 1. The van der Waals surface area contributed by atoms with E-state index in [1.165, 1.54) is 16.7 Å². The first kappa shape index (κ1) is 19.2. The molecule has 0 saturated heterocycles. The van der Waals surface area contributed by atoms with Gasteiger partial charge in [-0.05, 0) is 47.9 Å². The lowest BCUT2D eigenvalue weighted by molar-refractivity contribution is 0.508. The number of thiazole rings is 1. The zero-order valence-corrected chi connectivity index (χ0v) is 15.6. The Labute approximate surface area is 163 Å². The van der Waals surface area contributed by atoms with Crippen LogP contribution in [0.5, 0.6) is 0 Å². The number of nitrogens with zero attached hydrogens (tertiary/aromatic N) is 3. The van der Waals surface area contributed by atoms with Gasteiger partial charge in [-0.2, -0.15) is 10.5 Å². The van der Waals surface area contributed by atoms with Gasteiger partial charge in [-0.15, -0.1) is 11.3 Å². The molecule has 0 bridgehead atoms. The third-order valence-corrected chi connectivity index (χ3v) is 5.20. The van der Waals surface area contributed by atoms with E-state index in [1.807, 2.05) is 19.1 Å².